The minimum absolute atomic E-state index is 0.0799. The predicted molar refractivity (Wildman–Crippen MR) is 72.0 cm³/mol. The van der Waals surface area contributed by atoms with E-state index in [1.165, 1.54) is 12.1 Å². The summed E-state index contributed by atoms with van der Waals surface area (Å²) in [5.74, 6) is 0.746. The van der Waals surface area contributed by atoms with E-state index in [4.69, 9.17) is 5.73 Å². The second-order valence-corrected chi connectivity index (χ2v) is 4.41. The molecule has 1 heterocycles. The highest BCUT2D eigenvalue weighted by atomic mass is 16.6. The van der Waals surface area contributed by atoms with Crippen LogP contribution in [-0.4, -0.2) is 31.7 Å². The molecule has 1 aromatic heterocycles. The van der Waals surface area contributed by atoms with Crippen LogP contribution in [-0.2, 0) is 13.0 Å². The fourth-order valence-electron chi connectivity index (χ4n) is 1.85. The Balaban J connectivity index is 2.02. The fourth-order valence-corrected chi connectivity index (χ4v) is 1.85. The van der Waals surface area contributed by atoms with E-state index in [0.29, 0.717) is 13.0 Å². The maximum Gasteiger partial charge on any atom is 0.269 e. The predicted octanol–water partition coefficient (Wildman–Crippen LogP) is 0.911. The lowest BCUT2D eigenvalue weighted by Crippen LogP contribution is -2.08. The Labute approximate surface area is 115 Å². The Morgan fingerprint density at radius 1 is 1.25 bits per heavy atom. The molecule has 0 unspecified atom stereocenters. The molecule has 1 aromatic carbocycles. The van der Waals surface area contributed by atoms with Gasteiger partial charge in [-0.25, -0.2) is 4.68 Å². The summed E-state index contributed by atoms with van der Waals surface area (Å²) in [5.41, 5.74) is 6.47. The number of aromatic nitrogens is 4. The molecule has 8 heteroatoms. The number of nitrogens with two attached hydrogens (primary N) is 1. The summed E-state index contributed by atoms with van der Waals surface area (Å²) in [5, 5.41) is 22.2. The number of tetrazole rings is 1. The Hall–Kier alpha value is -2.35. The second kappa shape index (κ2) is 6.71. The van der Waals surface area contributed by atoms with Gasteiger partial charge in [-0.05, 0) is 35.4 Å². The fraction of sp³-hybridized carbons (Fsp3) is 0.417. The molecule has 0 atom stereocenters. The number of benzene rings is 1. The van der Waals surface area contributed by atoms with Gasteiger partial charge in [0.1, 0.15) is 0 Å². The molecule has 0 aliphatic carbocycles. The van der Waals surface area contributed by atoms with Crippen molar-refractivity contribution in [2.24, 2.45) is 5.73 Å². The first kappa shape index (κ1) is 14.1. The van der Waals surface area contributed by atoms with E-state index in [-0.39, 0.29) is 5.69 Å². The summed E-state index contributed by atoms with van der Waals surface area (Å²) in [7, 11) is 0. The zero-order valence-corrected chi connectivity index (χ0v) is 11.0. The second-order valence-electron chi connectivity index (χ2n) is 4.41. The van der Waals surface area contributed by atoms with Crippen LogP contribution in [0.5, 0.6) is 0 Å². The van der Waals surface area contributed by atoms with Crippen molar-refractivity contribution in [3.05, 3.63) is 45.8 Å². The third kappa shape index (κ3) is 3.58. The molecular formula is C12H16N6O2. The number of non-ortho nitro benzene ring substituents is 1. The topological polar surface area (TPSA) is 113 Å². The summed E-state index contributed by atoms with van der Waals surface area (Å²) < 4.78 is 1.75. The highest BCUT2D eigenvalue weighted by Gasteiger charge is 2.09. The largest absolute Gasteiger partial charge is 0.330 e. The molecule has 2 N–H and O–H groups in total. The van der Waals surface area contributed by atoms with Crippen molar-refractivity contribution in [3.63, 3.8) is 0 Å². The van der Waals surface area contributed by atoms with Gasteiger partial charge in [-0.2, -0.15) is 0 Å². The van der Waals surface area contributed by atoms with Gasteiger partial charge in [-0.15, -0.1) is 5.10 Å². The van der Waals surface area contributed by atoms with Gasteiger partial charge in [-0.3, -0.25) is 10.1 Å². The van der Waals surface area contributed by atoms with Gasteiger partial charge in [0, 0.05) is 25.1 Å². The summed E-state index contributed by atoms with van der Waals surface area (Å²) >= 11 is 0. The third-order valence-corrected chi connectivity index (χ3v) is 2.94. The Morgan fingerprint density at radius 3 is 2.65 bits per heavy atom. The first-order chi connectivity index (χ1) is 9.70. The molecule has 2 rings (SSSR count). The zero-order chi connectivity index (χ0) is 14.4. The average Bonchev–Trinajstić information content (AvgIpc) is 2.87. The van der Waals surface area contributed by atoms with Crippen LogP contribution in [0.4, 0.5) is 5.69 Å². The summed E-state index contributed by atoms with van der Waals surface area (Å²) in [6.45, 7) is 1.38. The van der Waals surface area contributed by atoms with E-state index < -0.39 is 4.92 Å². The van der Waals surface area contributed by atoms with Gasteiger partial charge in [0.2, 0.25) is 0 Å². The molecule has 0 amide bonds. The first-order valence-electron chi connectivity index (χ1n) is 6.39. The number of rotatable bonds is 7. The maximum atomic E-state index is 10.6. The van der Waals surface area contributed by atoms with Crippen LogP contribution in [0.3, 0.4) is 0 Å². The van der Waals surface area contributed by atoms with E-state index >= 15 is 0 Å². The number of nitro benzene ring substituents is 1. The summed E-state index contributed by atoms with van der Waals surface area (Å²) in [6.07, 6.45) is 2.40. The van der Waals surface area contributed by atoms with Gasteiger partial charge in [0.25, 0.3) is 5.69 Å². The van der Waals surface area contributed by atoms with Gasteiger partial charge in [0.15, 0.2) is 5.82 Å². The van der Waals surface area contributed by atoms with Crippen molar-refractivity contribution in [1.29, 1.82) is 0 Å². The van der Waals surface area contributed by atoms with Crippen molar-refractivity contribution in [2.75, 3.05) is 6.54 Å². The quantitative estimate of drug-likeness (QED) is 0.457. The van der Waals surface area contributed by atoms with Gasteiger partial charge < -0.3 is 5.73 Å². The molecule has 0 saturated heterocycles. The highest BCUT2D eigenvalue weighted by Crippen LogP contribution is 2.14. The molecule has 2 aromatic rings. The molecule has 106 valence electrons. The molecular weight excluding hydrogens is 260 g/mol. The first-order valence-corrected chi connectivity index (χ1v) is 6.39. The van der Waals surface area contributed by atoms with Gasteiger partial charge in [-0.1, -0.05) is 12.1 Å². The zero-order valence-electron chi connectivity index (χ0n) is 11.0. The third-order valence-electron chi connectivity index (χ3n) is 2.94. The molecule has 0 bridgehead atoms. The van der Waals surface area contributed by atoms with Crippen LogP contribution < -0.4 is 5.73 Å². The van der Waals surface area contributed by atoms with Gasteiger partial charge in [0.05, 0.1) is 4.92 Å². The number of nitrogens with zero attached hydrogens (tertiary/aromatic N) is 5. The minimum Gasteiger partial charge on any atom is -0.330 e. The monoisotopic (exact) mass is 276 g/mol. The number of hydrogen-bond acceptors (Lipinski definition) is 6. The molecule has 0 spiro atoms. The number of unbranched alkanes of at least 4 members (excludes halogenated alkanes) is 1. The lowest BCUT2D eigenvalue weighted by atomic mass is 10.1. The lowest BCUT2D eigenvalue weighted by Gasteiger charge is -2.04. The normalized spacial score (nSPS) is 10.7. The maximum absolute atomic E-state index is 10.6. The minimum atomic E-state index is -0.416. The molecule has 8 nitrogen and oxygen atoms in total. The Kier molecular flexibility index (Phi) is 4.72. The van der Waals surface area contributed by atoms with E-state index in [1.807, 2.05) is 0 Å². The van der Waals surface area contributed by atoms with E-state index in [2.05, 4.69) is 15.5 Å². The van der Waals surface area contributed by atoms with E-state index in [1.54, 1.807) is 16.8 Å². The smallest absolute Gasteiger partial charge is 0.269 e. The van der Waals surface area contributed by atoms with Crippen LogP contribution >= 0.6 is 0 Å². The van der Waals surface area contributed by atoms with Gasteiger partial charge >= 0.3 is 0 Å². The number of nitro groups is 1. The van der Waals surface area contributed by atoms with Crippen molar-refractivity contribution in [3.8, 4) is 0 Å². The van der Waals surface area contributed by atoms with E-state index in [0.717, 1.165) is 30.8 Å². The highest BCUT2D eigenvalue weighted by molar-refractivity contribution is 5.33. The van der Waals surface area contributed by atoms with Crippen molar-refractivity contribution in [2.45, 2.75) is 25.8 Å². The van der Waals surface area contributed by atoms with Crippen LogP contribution in [0.15, 0.2) is 24.3 Å². The standard InChI is InChI=1S/C12H16N6O2/c13-7-1-2-8-17-12(14-15-16-17)9-10-3-5-11(6-4-10)18(19)20/h3-6H,1-2,7-9,13H2. The molecule has 0 radical (unpaired) electrons. The van der Waals surface area contributed by atoms with Crippen molar-refractivity contribution in [1.82, 2.24) is 20.2 Å². The Bertz CT molecular complexity index is 566. The Morgan fingerprint density at radius 2 is 2.00 bits per heavy atom. The molecule has 20 heavy (non-hydrogen) atoms. The van der Waals surface area contributed by atoms with Crippen molar-refractivity contribution >= 4 is 5.69 Å². The lowest BCUT2D eigenvalue weighted by molar-refractivity contribution is -0.384. The molecule has 0 aliphatic rings. The van der Waals surface area contributed by atoms with E-state index in [9.17, 15) is 10.1 Å². The SMILES string of the molecule is NCCCCn1nnnc1Cc1ccc([N+](=O)[O-])cc1. The molecule has 0 aliphatic heterocycles. The average molecular weight is 276 g/mol. The number of aryl methyl sites for hydroxylation is 1. The molecule has 0 fully saturated rings. The van der Waals surface area contributed by atoms with Crippen LogP contribution in [0.2, 0.25) is 0 Å². The van der Waals surface area contributed by atoms with Crippen LogP contribution in [0.1, 0.15) is 24.2 Å². The van der Waals surface area contributed by atoms with Crippen LogP contribution in [0.25, 0.3) is 0 Å². The molecule has 0 saturated carbocycles. The summed E-state index contributed by atoms with van der Waals surface area (Å²) in [4.78, 5) is 10.2. The number of hydrogen-bond donors (Lipinski definition) is 1. The van der Waals surface area contributed by atoms with Crippen molar-refractivity contribution < 1.29 is 4.92 Å². The van der Waals surface area contributed by atoms with Crippen LogP contribution in [0, 0.1) is 10.1 Å². The summed E-state index contributed by atoms with van der Waals surface area (Å²) in [6, 6.07) is 6.41.